The molecule has 25 heavy (non-hydrogen) atoms. The molecule has 0 amide bonds. The first-order valence-electron chi connectivity index (χ1n) is 11.0. The van der Waals surface area contributed by atoms with Crippen LogP contribution in [0.2, 0.25) is 0 Å². The van der Waals surface area contributed by atoms with E-state index in [4.69, 9.17) is 0 Å². The molecule has 1 unspecified atom stereocenters. The van der Waals surface area contributed by atoms with Crippen molar-refractivity contribution in [2.24, 2.45) is 11.8 Å². The summed E-state index contributed by atoms with van der Waals surface area (Å²) >= 11 is 0. The minimum atomic E-state index is 0.868. The fourth-order valence-corrected chi connectivity index (χ4v) is 3.85. The van der Waals surface area contributed by atoms with Gasteiger partial charge in [0.2, 0.25) is 0 Å². The van der Waals surface area contributed by atoms with E-state index in [-0.39, 0.29) is 0 Å². The van der Waals surface area contributed by atoms with Crippen LogP contribution < -0.4 is 0 Å². The number of likely N-dealkylation sites (tertiary alicyclic amines) is 1. The number of hydrogen-bond acceptors (Lipinski definition) is 1. The van der Waals surface area contributed by atoms with Crippen LogP contribution in [0.3, 0.4) is 0 Å². The lowest BCUT2D eigenvalue weighted by Crippen LogP contribution is -2.36. The van der Waals surface area contributed by atoms with Crippen LogP contribution in [0, 0.1) is 23.7 Å². The lowest BCUT2D eigenvalue weighted by Gasteiger charge is -2.33. The predicted octanol–water partition coefficient (Wildman–Crippen LogP) is 6.83. The molecule has 1 aliphatic rings. The van der Waals surface area contributed by atoms with Gasteiger partial charge in [0.05, 0.1) is 0 Å². The van der Waals surface area contributed by atoms with Crippen molar-refractivity contribution < 1.29 is 0 Å². The van der Waals surface area contributed by atoms with Gasteiger partial charge in [0, 0.05) is 13.0 Å². The molecule has 1 aliphatic heterocycles. The molecule has 0 radical (unpaired) electrons. The van der Waals surface area contributed by atoms with Crippen LogP contribution in [0.4, 0.5) is 0 Å². The summed E-state index contributed by atoms with van der Waals surface area (Å²) in [5.74, 6) is 8.42. The molecule has 0 aromatic carbocycles. The van der Waals surface area contributed by atoms with Gasteiger partial charge in [0.1, 0.15) is 0 Å². The van der Waals surface area contributed by atoms with Gasteiger partial charge in [-0.05, 0) is 69.0 Å². The maximum absolute atomic E-state index is 4.09. The fourth-order valence-electron chi connectivity index (χ4n) is 3.85. The molecule has 0 saturated carbocycles. The highest BCUT2D eigenvalue weighted by Gasteiger charge is 2.19. The Morgan fingerprint density at radius 1 is 1.08 bits per heavy atom. The van der Waals surface area contributed by atoms with Crippen LogP contribution in [0.25, 0.3) is 0 Å². The molecule has 0 spiro atoms. The van der Waals surface area contributed by atoms with Crippen molar-refractivity contribution in [1.82, 2.24) is 4.90 Å². The second-order valence-electron chi connectivity index (χ2n) is 8.25. The number of allylic oxidation sites excluding steroid dienone is 1. The smallest absolute Gasteiger partial charge is 0.00949 e. The number of nitrogens with zero attached hydrogens (tertiary/aromatic N) is 1. The van der Waals surface area contributed by atoms with Gasteiger partial charge in [-0.15, -0.1) is 0 Å². The molecule has 0 aromatic rings. The van der Waals surface area contributed by atoms with Gasteiger partial charge in [0.25, 0.3) is 0 Å². The summed E-state index contributed by atoms with van der Waals surface area (Å²) in [4.78, 5) is 2.70. The molecule has 0 N–H and O–H groups in total. The lowest BCUT2D eigenvalue weighted by atomic mass is 9.91. The van der Waals surface area contributed by atoms with Crippen LogP contribution in [-0.2, 0) is 0 Å². The highest BCUT2D eigenvalue weighted by atomic mass is 15.1. The van der Waals surface area contributed by atoms with Gasteiger partial charge >= 0.3 is 0 Å². The monoisotopic (exact) mass is 345 g/mol. The van der Waals surface area contributed by atoms with Gasteiger partial charge in [-0.2, -0.15) is 0 Å². The quantitative estimate of drug-likeness (QED) is 0.276. The van der Waals surface area contributed by atoms with Crippen molar-refractivity contribution in [1.29, 1.82) is 0 Å². The molecule has 144 valence electrons. The maximum atomic E-state index is 4.09. The van der Waals surface area contributed by atoms with Crippen LogP contribution >= 0.6 is 0 Å². The molecule has 1 rings (SSSR count). The van der Waals surface area contributed by atoms with Crippen molar-refractivity contribution in [3.63, 3.8) is 0 Å². The average molecular weight is 346 g/mol. The molecule has 1 heteroatoms. The largest absolute Gasteiger partial charge is 0.303 e. The molecule has 0 bridgehead atoms. The summed E-state index contributed by atoms with van der Waals surface area (Å²) in [5.41, 5.74) is 1.14. The van der Waals surface area contributed by atoms with Crippen molar-refractivity contribution >= 4 is 0 Å². The summed E-state index contributed by atoms with van der Waals surface area (Å²) in [6.07, 6.45) is 15.6. The second-order valence-corrected chi connectivity index (χ2v) is 8.25. The Balaban J connectivity index is 2.09. The summed E-state index contributed by atoms with van der Waals surface area (Å²) in [6.45, 7) is 15.0. The first-order chi connectivity index (χ1) is 12.2. The second kappa shape index (κ2) is 14.4. The van der Waals surface area contributed by atoms with E-state index in [1.165, 1.54) is 83.8 Å². The zero-order chi connectivity index (χ0) is 18.3. The molecular formula is C24H43N. The summed E-state index contributed by atoms with van der Waals surface area (Å²) in [5, 5.41) is 0. The Kier molecular flexibility index (Phi) is 12.9. The number of unbranched alkanes of at least 4 members (excludes halogenated alkanes) is 4. The Morgan fingerprint density at radius 3 is 2.44 bits per heavy atom. The standard InChI is InChI=1S/C24H43N/c1-5-7-9-13-22(3)14-11-12-16-24-17-19-25(20-18-24)21-23(4)15-10-8-6-2/h23-24H,3,5-10,12-13,15-21H2,1-2,4H3. The molecule has 1 saturated heterocycles. The Labute approximate surface area is 158 Å². The number of rotatable bonds is 12. The third kappa shape index (κ3) is 11.5. The zero-order valence-corrected chi connectivity index (χ0v) is 17.4. The van der Waals surface area contributed by atoms with E-state index in [0.29, 0.717) is 0 Å². The summed E-state index contributed by atoms with van der Waals surface area (Å²) in [6, 6.07) is 0. The van der Waals surface area contributed by atoms with E-state index in [2.05, 4.69) is 44.1 Å². The molecule has 1 nitrogen and oxygen atoms in total. The number of hydrogen-bond donors (Lipinski definition) is 0. The Hall–Kier alpha value is -0.740. The molecule has 1 fully saturated rings. The summed E-state index contributed by atoms with van der Waals surface area (Å²) < 4.78 is 0. The normalized spacial score (nSPS) is 17.1. The average Bonchev–Trinajstić information content (AvgIpc) is 2.60. The maximum Gasteiger partial charge on any atom is 0.00949 e. The van der Waals surface area contributed by atoms with Crippen LogP contribution in [0.5, 0.6) is 0 Å². The molecule has 0 aliphatic carbocycles. The zero-order valence-electron chi connectivity index (χ0n) is 17.4. The van der Waals surface area contributed by atoms with E-state index >= 15 is 0 Å². The minimum absolute atomic E-state index is 0.868. The predicted molar refractivity (Wildman–Crippen MR) is 113 cm³/mol. The lowest BCUT2D eigenvalue weighted by molar-refractivity contribution is 0.157. The molecule has 1 heterocycles. The van der Waals surface area contributed by atoms with Gasteiger partial charge in [0.15, 0.2) is 0 Å². The van der Waals surface area contributed by atoms with E-state index in [0.717, 1.165) is 30.3 Å². The van der Waals surface area contributed by atoms with Gasteiger partial charge in [-0.1, -0.05) is 71.3 Å². The number of piperidine rings is 1. The highest BCUT2D eigenvalue weighted by molar-refractivity contribution is 5.25. The molecular weight excluding hydrogens is 302 g/mol. The van der Waals surface area contributed by atoms with E-state index in [1.54, 1.807) is 0 Å². The third-order valence-electron chi connectivity index (χ3n) is 5.60. The highest BCUT2D eigenvalue weighted by Crippen LogP contribution is 2.23. The van der Waals surface area contributed by atoms with Crippen molar-refractivity contribution in [2.45, 2.75) is 97.8 Å². The van der Waals surface area contributed by atoms with Crippen LogP contribution in [0.1, 0.15) is 97.8 Å². The first-order valence-corrected chi connectivity index (χ1v) is 11.0. The van der Waals surface area contributed by atoms with Gasteiger partial charge in [-0.3, -0.25) is 0 Å². The topological polar surface area (TPSA) is 3.24 Å². The Bertz CT molecular complexity index is 392. The van der Waals surface area contributed by atoms with E-state index in [1.807, 2.05) is 0 Å². The van der Waals surface area contributed by atoms with E-state index in [9.17, 15) is 0 Å². The van der Waals surface area contributed by atoms with Crippen LogP contribution in [-0.4, -0.2) is 24.5 Å². The molecule has 1 atom stereocenters. The summed E-state index contributed by atoms with van der Waals surface area (Å²) in [7, 11) is 0. The fraction of sp³-hybridized carbons (Fsp3) is 0.833. The van der Waals surface area contributed by atoms with Crippen LogP contribution in [0.15, 0.2) is 12.2 Å². The van der Waals surface area contributed by atoms with Gasteiger partial charge in [-0.25, -0.2) is 0 Å². The third-order valence-corrected chi connectivity index (χ3v) is 5.60. The van der Waals surface area contributed by atoms with Crippen molar-refractivity contribution in [2.75, 3.05) is 19.6 Å². The minimum Gasteiger partial charge on any atom is -0.303 e. The first kappa shape index (κ1) is 22.3. The van der Waals surface area contributed by atoms with Gasteiger partial charge < -0.3 is 4.90 Å². The molecule has 0 aromatic heterocycles. The van der Waals surface area contributed by atoms with E-state index < -0.39 is 0 Å². The Morgan fingerprint density at radius 2 is 1.76 bits per heavy atom. The van der Waals surface area contributed by atoms with Crippen molar-refractivity contribution in [3.8, 4) is 11.8 Å². The van der Waals surface area contributed by atoms with Crippen molar-refractivity contribution in [3.05, 3.63) is 12.2 Å². The SMILES string of the molecule is C=C(C#CCCC1CCN(CC(C)CCCCC)CC1)CCCCC.